The number of benzene rings is 3. The van der Waals surface area contributed by atoms with Crippen LogP contribution in [0.3, 0.4) is 0 Å². The lowest BCUT2D eigenvalue weighted by molar-refractivity contribution is -0.141. The summed E-state index contributed by atoms with van der Waals surface area (Å²) in [6, 6.07) is 18.5. The van der Waals surface area contributed by atoms with E-state index in [0.717, 1.165) is 16.3 Å². The number of hydrogen-bond donors (Lipinski definition) is 0. The first-order valence-electron chi connectivity index (χ1n) is 6.70. The molecule has 0 bridgehead atoms. The Bertz CT molecular complexity index is 790. The van der Waals surface area contributed by atoms with Crippen molar-refractivity contribution in [1.29, 1.82) is 0 Å². The molecule has 1 unspecified atom stereocenters. The van der Waals surface area contributed by atoms with Crippen LogP contribution < -0.4 is 0 Å². The summed E-state index contributed by atoms with van der Waals surface area (Å²) in [5.41, 5.74) is 1.02. The molecule has 100 valence electrons. The fraction of sp³-hybridized carbons (Fsp3) is 0.167. The standard InChI is InChI=1S/C18H16O2/c1-12(18(19)20-2)15-9-5-7-14-11-10-13-6-3-4-8-16(13)17(14)15/h3-12H,1-2H3. The van der Waals surface area contributed by atoms with Crippen LogP contribution in [0.2, 0.25) is 0 Å². The summed E-state index contributed by atoms with van der Waals surface area (Å²) < 4.78 is 4.89. The lowest BCUT2D eigenvalue weighted by Crippen LogP contribution is -2.11. The molecule has 0 aliphatic rings. The van der Waals surface area contributed by atoms with Crippen molar-refractivity contribution in [3.8, 4) is 0 Å². The highest BCUT2D eigenvalue weighted by Crippen LogP contribution is 2.32. The number of carbonyl (C=O) groups is 1. The molecule has 0 heterocycles. The maximum absolute atomic E-state index is 11.9. The van der Waals surface area contributed by atoms with Crippen LogP contribution in [-0.4, -0.2) is 13.1 Å². The molecule has 0 N–H and O–H groups in total. The first-order chi connectivity index (χ1) is 9.72. The zero-order chi connectivity index (χ0) is 14.1. The summed E-state index contributed by atoms with van der Waals surface area (Å²) in [5, 5.41) is 4.65. The molecule has 0 amide bonds. The average Bonchev–Trinajstić information content (AvgIpc) is 2.52. The Morgan fingerprint density at radius 3 is 2.45 bits per heavy atom. The van der Waals surface area contributed by atoms with Gasteiger partial charge in [-0.3, -0.25) is 4.79 Å². The van der Waals surface area contributed by atoms with E-state index < -0.39 is 0 Å². The molecule has 20 heavy (non-hydrogen) atoms. The molecule has 0 saturated carbocycles. The summed E-state index contributed by atoms with van der Waals surface area (Å²) in [6.07, 6.45) is 0. The Morgan fingerprint density at radius 1 is 0.950 bits per heavy atom. The van der Waals surface area contributed by atoms with E-state index in [1.165, 1.54) is 17.9 Å². The molecular weight excluding hydrogens is 248 g/mol. The van der Waals surface area contributed by atoms with Gasteiger partial charge in [-0.1, -0.05) is 54.6 Å². The predicted molar refractivity (Wildman–Crippen MR) is 81.9 cm³/mol. The third-order valence-corrected chi connectivity index (χ3v) is 3.82. The molecule has 0 saturated heterocycles. The van der Waals surface area contributed by atoms with Crippen molar-refractivity contribution in [3.05, 3.63) is 60.2 Å². The van der Waals surface area contributed by atoms with Gasteiger partial charge in [0.2, 0.25) is 0 Å². The van der Waals surface area contributed by atoms with Gasteiger partial charge in [0, 0.05) is 0 Å². The molecule has 0 radical (unpaired) electrons. The zero-order valence-corrected chi connectivity index (χ0v) is 11.6. The minimum Gasteiger partial charge on any atom is -0.469 e. The minimum atomic E-state index is -0.269. The lowest BCUT2D eigenvalue weighted by atomic mass is 9.91. The first kappa shape index (κ1) is 12.7. The lowest BCUT2D eigenvalue weighted by Gasteiger charge is -2.14. The van der Waals surface area contributed by atoms with E-state index in [2.05, 4.69) is 30.3 Å². The highest BCUT2D eigenvalue weighted by atomic mass is 16.5. The fourth-order valence-corrected chi connectivity index (χ4v) is 2.75. The monoisotopic (exact) mass is 264 g/mol. The summed E-state index contributed by atoms with van der Waals surface area (Å²) in [5.74, 6) is -0.472. The molecule has 3 aromatic rings. The van der Waals surface area contributed by atoms with E-state index in [1.54, 1.807) is 0 Å². The molecule has 0 aliphatic carbocycles. The quantitative estimate of drug-likeness (QED) is 0.510. The third-order valence-electron chi connectivity index (χ3n) is 3.82. The van der Waals surface area contributed by atoms with E-state index in [0.29, 0.717) is 0 Å². The van der Waals surface area contributed by atoms with Crippen molar-refractivity contribution < 1.29 is 9.53 Å². The van der Waals surface area contributed by atoms with Gasteiger partial charge >= 0.3 is 5.97 Å². The minimum absolute atomic E-state index is 0.203. The number of hydrogen-bond acceptors (Lipinski definition) is 2. The van der Waals surface area contributed by atoms with Crippen molar-refractivity contribution >= 4 is 27.5 Å². The van der Waals surface area contributed by atoms with Gasteiger partial charge in [-0.05, 0) is 34.0 Å². The maximum Gasteiger partial charge on any atom is 0.312 e. The number of fused-ring (bicyclic) bond motifs is 3. The smallest absolute Gasteiger partial charge is 0.312 e. The van der Waals surface area contributed by atoms with Gasteiger partial charge in [0.25, 0.3) is 0 Å². The van der Waals surface area contributed by atoms with Crippen molar-refractivity contribution in [3.63, 3.8) is 0 Å². The summed E-state index contributed by atoms with van der Waals surface area (Å²) in [4.78, 5) is 11.9. The predicted octanol–water partition coefficient (Wildman–Crippen LogP) is 4.27. The van der Waals surface area contributed by atoms with E-state index in [1.807, 2.05) is 31.2 Å². The van der Waals surface area contributed by atoms with Crippen molar-refractivity contribution in [2.75, 3.05) is 7.11 Å². The second-order valence-electron chi connectivity index (χ2n) is 4.98. The fourth-order valence-electron chi connectivity index (χ4n) is 2.75. The van der Waals surface area contributed by atoms with Crippen LogP contribution in [-0.2, 0) is 9.53 Å². The molecule has 0 aliphatic heterocycles. The number of methoxy groups -OCH3 is 1. The van der Waals surface area contributed by atoms with Gasteiger partial charge in [-0.2, -0.15) is 0 Å². The molecule has 0 fully saturated rings. The second-order valence-corrected chi connectivity index (χ2v) is 4.98. The number of rotatable bonds is 2. The number of carbonyl (C=O) groups excluding carboxylic acids is 1. The largest absolute Gasteiger partial charge is 0.469 e. The van der Waals surface area contributed by atoms with Crippen LogP contribution in [0.5, 0.6) is 0 Å². The molecule has 2 nitrogen and oxygen atoms in total. The second kappa shape index (κ2) is 4.97. The van der Waals surface area contributed by atoms with E-state index >= 15 is 0 Å². The Kier molecular flexibility index (Phi) is 3.15. The van der Waals surface area contributed by atoms with E-state index in [-0.39, 0.29) is 11.9 Å². The van der Waals surface area contributed by atoms with Gasteiger partial charge in [-0.15, -0.1) is 0 Å². The molecule has 0 aromatic heterocycles. The molecule has 2 heteroatoms. The number of ether oxygens (including phenoxy) is 1. The van der Waals surface area contributed by atoms with Gasteiger partial charge in [0.1, 0.15) is 0 Å². The van der Waals surface area contributed by atoms with Crippen molar-refractivity contribution in [1.82, 2.24) is 0 Å². The van der Waals surface area contributed by atoms with Gasteiger partial charge in [-0.25, -0.2) is 0 Å². The summed E-state index contributed by atoms with van der Waals surface area (Å²) in [6.45, 7) is 1.89. The van der Waals surface area contributed by atoms with Gasteiger partial charge in [0.05, 0.1) is 13.0 Å². The summed E-state index contributed by atoms with van der Waals surface area (Å²) in [7, 11) is 1.43. The Hall–Kier alpha value is -2.35. The third kappa shape index (κ3) is 1.94. The van der Waals surface area contributed by atoms with Crippen LogP contribution in [0.25, 0.3) is 21.5 Å². The highest BCUT2D eigenvalue weighted by Gasteiger charge is 2.18. The molecule has 1 atom stereocenters. The van der Waals surface area contributed by atoms with Crippen LogP contribution in [0.4, 0.5) is 0 Å². The van der Waals surface area contributed by atoms with Crippen molar-refractivity contribution in [2.24, 2.45) is 0 Å². The normalized spacial score (nSPS) is 12.5. The first-order valence-corrected chi connectivity index (χ1v) is 6.70. The Labute approximate surface area is 118 Å². The van der Waals surface area contributed by atoms with E-state index in [4.69, 9.17) is 4.74 Å². The van der Waals surface area contributed by atoms with Gasteiger partial charge < -0.3 is 4.74 Å². The maximum atomic E-state index is 11.9. The molecule has 3 aromatic carbocycles. The van der Waals surface area contributed by atoms with Crippen LogP contribution in [0.1, 0.15) is 18.4 Å². The Balaban J connectivity index is 2.37. The van der Waals surface area contributed by atoms with Crippen molar-refractivity contribution in [2.45, 2.75) is 12.8 Å². The topological polar surface area (TPSA) is 26.3 Å². The van der Waals surface area contributed by atoms with Crippen LogP contribution in [0, 0.1) is 0 Å². The SMILES string of the molecule is COC(=O)C(C)c1cccc2ccc3ccccc3c12. The van der Waals surface area contributed by atoms with Crippen LogP contribution >= 0.6 is 0 Å². The molecule has 3 rings (SSSR count). The Morgan fingerprint density at radius 2 is 1.65 bits per heavy atom. The van der Waals surface area contributed by atoms with Crippen LogP contribution in [0.15, 0.2) is 54.6 Å². The summed E-state index contributed by atoms with van der Waals surface area (Å²) >= 11 is 0. The average molecular weight is 264 g/mol. The van der Waals surface area contributed by atoms with Gasteiger partial charge in [0.15, 0.2) is 0 Å². The molecule has 0 spiro atoms. The highest BCUT2D eigenvalue weighted by molar-refractivity contribution is 6.10. The zero-order valence-electron chi connectivity index (χ0n) is 11.6. The molecular formula is C18H16O2. The number of esters is 1. The van der Waals surface area contributed by atoms with E-state index in [9.17, 15) is 4.79 Å².